The quantitative estimate of drug-likeness (QED) is 0.693. The van der Waals surface area contributed by atoms with Crippen LogP contribution in [0.25, 0.3) is 17.1 Å². The lowest BCUT2D eigenvalue weighted by atomic mass is 10.1. The molecule has 1 aromatic heterocycles. The normalized spacial score (nSPS) is 10.6. The van der Waals surface area contributed by atoms with Crippen LogP contribution in [0.3, 0.4) is 0 Å². The highest BCUT2D eigenvalue weighted by molar-refractivity contribution is 5.97. The molecule has 0 atom stereocenters. The standard InChI is InChI=1S/C15H11FN4O/c1-10(21)12-8-5-9-13(16)14(12)20-18-15(17-19-20)11-6-3-2-4-7-11/h2-9H,1H3. The highest BCUT2D eigenvalue weighted by Crippen LogP contribution is 2.19. The SMILES string of the molecule is CC(=O)c1cccc(F)c1-n1nnc(-c2ccccc2)n1. The average Bonchev–Trinajstić information content (AvgIpc) is 2.97. The summed E-state index contributed by atoms with van der Waals surface area (Å²) in [6.45, 7) is 1.37. The molecule has 0 saturated carbocycles. The minimum atomic E-state index is -0.570. The van der Waals surface area contributed by atoms with Crippen LogP contribution in [0.4, 0.5) is 4.39 Å². The summed E-state index contributed by atoms with van der Waals surface area (Å²) in [4.78, 5) is 12.7. The lowest BCUT2D eigenvalue weighted by Crippen LogP contribution is -2.09. The largest absolute Gasteiger partial charge is 0.294 e. The number of nitrogens with zero attached hydrogens (tertiary/aromatic N) is 4. The maximum atomic E-state index is 14.0. The van der Waals surface area contributed by atoms with E-state index < -0.39 is 5.82 Å². The van der Waals surface area contributed by atoms with E-state index in [1.807, 2.05) is 30.3 Å². The first-order valence-electron chi connectivity index (χ1n) is 6.32. The van der Waals surface area contributed by atoms with Crippen molar-refractivity contribution in [2.45, 2.75) is 6.92 Å². The van der Waals surface area contributed by atoms with Crippen LogP contribution >= 0.6 is 0 Å². The Hall–Kier alpha value is -2.89. The van der Waals surface area contributed by atoms with E-state index in [2.05, 4.69) is 15.4 Å². The maximum absolute atomic E-state index is 14.0. The number of hydrogen-bond donors (Lipinski definition) is 0. The van der Waals surface area contributed by atoms with Gasteiger partial charge in [0.15, 0.2) is 11.6 Å². The molecule has 0 aliphatic carbocycles. The third-order valence-corrected chi connectivity index (χ3v) is 3.01. The number of rotatable bonds is 3. The van der Waals surface area contributed by atoms with Gasteiger partial charge in [-0.05, 0) is 24.3 Å². The Bertz CT molecular complexity index is 798. The molecule has 0 fully saturated rings. The number of carbonyl (C=O) groups is 1. The fourth-order valence-electron chi connectivity index (χ4n) is 2.01. The molecule has 0 bridgehead atoms. The van der Waals surface area contributed by atoms with Gasteiger partial charge < -0.3 is 0 Å². The van der Waals surface area contributed by atoms with Gasteiger partial charge in [-0.3, -0.25) is 4.79 Å². The molecule has 104 valence electrons. The summed E-state index contributed by atoms with van der Waals surface area (Å²) in [6, 6.07) is 13.5. The zero-order valence-electron chi connectivity index (χ0n) is 11.2. The first-order chi connectivity index (χ1) is 10.2. The third kappa shape index (κ3) is 2.43. The molecule has 0 aliphatic rings. The number of ketones is 1. The summed E-state index contributed by atoms with van der Waals surface area (Å²) >= 11 is 0. The topological polar surface area (TPSA) is 60.7 Å². The van der Waals surface area contributed by atoms with Gasteiger partial charge >= 0.3 is 0 Å². The number of aromatic nitrogens is 4. The fourth-order valence-corrected chi connectivity index (χ4v) is 2.01. The van der Waals surface area contributed by atoms with Gasteiger partial charge in [0, 0.05) is 11.1 Å². The van der Waals surface area contributed by atoms with Crippen molar-refractivity contribution in [3.05, 3.63) is 59.9 Å². The number of carbonyl (C=O) groups excluding carboxylic acids is 1. The first-order valence-corrected chi connectivity index (χ1v) is 6.32. The molecule has 0 N–H and O–H groups in total. The first kappa shape index (κ1) is 13.1. The van der Waals surface area contributed by atoms with Gasteiger partial charge in [0.05, 0.1) is 0 Å². The van der Waals surface area contributed by atoms with Crippen LogP contribution in [-0.4, -0.2) is 26.0 Å². The Labute approximate surface area is 120 Å². The number of para-hydroxylation sites is 1. The van der Waals surface area contributed by atoms with E-state index in [1.165, 1.54) is 25.1 Å². The van der Waals surface area contributed by atoms with Gasteiger partial charge in [0.1, 0.15) is 5.69 Å². The van der Waals surface area contributed by atoms with Crippen LogP contribution in [0, 0.1) is 5.82 Å². The molecule has 0 saturated heterocycles. The van der Waals surface area contributed by atoms with Crippen LogP contribution in [-0.2, 0) is 0 Å². The summed E-state index contributed by atoms with van der Waals surface area (Å²) in [5, 5.41) is 11.9. The van der Waals surface area contributed by atoms with Gasteiger partial charge in [-0.15, -0.1) is 15.0 Å². The lowest BCUT2D eigenvalue weighted by molar-refractivity contribution is 0.101. The van der Waals surface area contributed by atoms with Crippen LogP contribution in [0.2, 0.25) is 0 Å². The molecule has 1 heterocycles. The van der Waals surface area contributed by atoms with Crippen molar-refractivity contribution >= 4 is 5.78 Å². The number of tetrazole rings is 1. The molecule has 0 unspecified atom stereocenters. The summed E-state index contributed by atoms with van der Waals surface area (Å²) in [7, 11) is 0. The van der Waals surface area contributed by atoms with Gasteiger partial charge in [-0.25, -0.2) is 4.39 Å². The van der Waals surface area contributed by atoms with E-state index in [4.69, 9.17) is 0 Å². The van der Waals surface area contributed by atoms with Gasteiger partial charge in [0.25, 0.3) is 0 Å². The van der Waals surface area contributed by atoms with E-state index in [0.717, 1.165) is 10.4 Å². The van der Waals surface area contributed by atoms with Crippen molar-refractivity contribution in [1.82, 2.24) is 20.2 Å². The molecule has 5 nitrogen and oxygen atoms in total. The molecule has 0 spiro atoms. The van der Waals surface area contributed by atoms with Crippen LogP contribution in [0.15, 0.2) is 48.5 Å². The Morgan fingerprint density at radius 1 is 1.10 bits per heavy atom. The second-order valence-corrected chi connectivity index (χ2v) is 4.46. The number of benzene rings is 2. The smallest absolute Gasteiger partial charge is 0.205 e. The number of halogens is 1. The van der Waals surface area contributed by atoms with E-state index in [-0.39, 0.29) is 17.0 Å². The minimum absolute atomic E-state index is 0.0136. The van der Waals surface area contributed by atoms with E-state index >= 15 is 0 Å². The van der Waals surface area contributed by atoms with Crippen molar-refractivity contribution in [2.24, 2.45) is 0 Å². The van der Waals surface area contributed by atoms with Crippen LogP contribution in [0.5, 0.6) is 0 Å². The monoisotopic (exact) mass is 282 g/mol. The zero-order chi connectivity index (χ0) is 14.8. The Kier molecular flexibility index (Phi) is 3.27. The summed E-state index contributed by atoms with van der Waals surface area (Å²) in [5.74, 6) is -0.462. The second-order valence-electron chi connectivity index (χ2n) is 4.46. The summed E-state index contributed by atoms with van der Waals surface area (Å²) in [5.41, 5.74) is 0.996. The second kappa shape index (κ2) is 5.24. The molecular weight excluding hydrogens is 271 g/mol. The molecule has 0 radical (unpaired) electrons. The van der Waals surface area contributed by atoms with Crippen molar-refractivity contribution < 1.29 is 9.18 Å². The van der Waals surface area contributed by atoms with Crippen molar-refractivity contribution in [3.63, 3.8) is 0 Å². The molecule has 2 aromatic carbocycles. The third-order valence-electron chi connectivity index (χ3n) is 3.01. The van der Waals surface area contributed by atoms with Gasteiger partial charge in [-0.1, -0.05) is 36.4 Å². The molecule has 0 aliphatic heterocycles. The molecular formula is C15H11FN4O. The molecule has 3 aromatic rings. The highest BCUT2D eigenvalue weighted by atomic mass is 19.1. The van der Waals surface area contributed by atoms with Crippen molar-refractivity contribution in [2.75, 3.05) is 0 Å². The van der Waals surface area contributed by atoms with Crippen molar-refractivity contribution in [3.8, 4) is 17.1 Å². The van der Waals surface area contributed by atoms with Crippen LogP contribution in [0.1, 0.15) is 17.3 Å². The van der Waals surface area contributed by atoms with E-state index in [1.54, 1.807) is 0 Å². The number of Topliss-reactive ketones (excluding diaryl/α,β-unsaturated/α-hetero) is 1. The van der Waals surface area contributed by atoms with E-state index in [9.17, 15) is 9.18 Å². The Balaban J connectivity index is 2.11. The molecule has 21 heavy (non-hydrogen) atoms. The molecule has 6 heteroatoms. The fraction of sp³-hybridized carbons (Fsp3) is 0.0667. The average molecular weight is 282 g/mol. The minimum Gasteiger partial charge on any atom is -0.294 e. The van der Waals surface area contributed by atoms with Crippen LogP contribution < -0.4 is 0 Å². The summed E-state index contributed by atoms with van der Waals surface area (Å²) < 4.78 is 14.0. The predicted octanol–water partition coefficient (Wildman–Crippen LogP) is 2.67. The Morgan fingerprint density at radius 3 is 2.57 bits per heavy atom. The Morgan fingerprint density at radius 2 is 1.86 bits per heavy atom. The highest BCUT2D eigenvalue weighted by Gasteiger charge is 2.17. The predicted molar refractivity (Wildman–Crippen MR) is 74.6 cm³/mol. The molecule has 0 amide bonds. The van der Waals surface area contributed by atoms with Gasteiger partial charge in [-0.2, -0.15) is 0 Å². The van der Waals surface area contributed by atoms with Gasteiger partial charge in [0.2, 0.25) is 5.82 Å². The zero-order valence-corrected chi connectivity index (χ0v) is 11.2. The maximum Gasteiger partial charge on any atom is 0.205 e. The van der Waals surface area contributed by atoms with Crippen molar-refractivity contribution in [1.29, 1.82) is 0 Å². The molecule has 3 rings (SSSR count). The number of hydrogen-bond acceptors (Lipinski definition) is 4. The lowest BCUT2D eigenvalue weighted by Gasteiger charge is -2.05. The summed E-state index contributed by atoms with van der Waals surface area (Å²) in [6.07, 6.45) is 0. The van der Waals surface area contributed by atoms with E-state index in [0.29, 0.717) is 5.82 Å².